The molecule has 0 heterocycles. The van der Waals surface area contributed by atoms with Crippen molar-refractivity contribution in [3.05, 3.63) is 74.8 Å². The van der Waals surface area contributed by atoms with E-state index in [2.05, 4.69) is 17.4 Å². The number of nitro groups is 1. The largest absolute Gasteiger partial charge is 0.349 e. The number of halogens is 1. The predicted octanol–water partition coefficient (Wildman–Crippen LogP) is 3.92. The molecule has 0 atom stereocenters. The Morgan fingerprint density at radius 3 is 2.48 bits per heavy atom. The van der Waals surface area contributed by atoms with Gasteiger partial charge in [-0.15, -0.1) is 0 Å². The van der Waals surface area contributed by atoms with Gasteiger partial charge in [0.05, 0.1) is 9.95 Å². The molecular formula is C17H15ClN2O3. The highest BCUT2D eigenvalue weighted by Crippen LogP contribution is 2.37. The molecule has 2 aromatic carbocycles. The smallest absolute Gasteiger partial charge is 0.283 e. The lowest BCUT2D eigenvalue weighted by Crippen LogP contribution is -2.43. The Bertz CT molecular complexity index is 743. The second-order valence-electron chi connectivity index (χ2n) is 5.64. The van der Waals surface area contributed by atoms with Gasteiger partial charge in [0.25, 0.3) is 11.6 Å². The maximum atomic E-state index is 12.3. The lowest BCUT2D eigenvalue weighted by molar-refractivity contribution is -0.385. The van der Waals surface area contributed by atoms with Crippen molar-refractivity contribution in [1.29, 1.82) is 0 Å². The summed E-state index contributed by atoms with van der Waals surface area (Å²) in [6, 6.07) is 14.4. The molecule has 118 valence electrons. The van der Waals surface area contributed by atoms with Gasteiger partial charge in [-0.05, 0) is 30.4 Å². The van der Waals surface area contributed by atoms with Gasteiger partial charge in [0.15, 0.2) is 0 Å². The van der Waals surface area contributed by atoms with Crippen molar-refractivity contribution in [1.82, 2.24) is 5.32 Å². The Morgan fingerprint density at radius 1 is 1.13 bits per heavy atom. The molecule has 0 radical (unpaired) electrons. The number of hydrogen-bond acceptors (Lipinski definition) is 3. The van der Waals surface area contributed by atoms with Gasteiger partial charge < -0.3 is 5.32 Å². The maximum absolute atomic E-state index is 12.3. The van der Waals surface area contributed by atoms with E-state index >= 15 is 0 Å². The zero-order chi connectivity index (χ0) is 16.4. The minimum Gasteiger partial charge on any atom is -0.349 e. The van der Waals surface area contributed by atoms with E-state index < -0.39 is 10.8 Å². The molecule has 0 bridgehead atoms. The molecule has 5 nitrogen and oxygen atoms in total. The standard InChI is InChI=1S/C17H15ClN2O3/c18-14-7-4-8-15(20(22)23)16(14)17(21)19-13-9-12(10-13)11-5-2-1-3-6-11/h1-8,12-13H,9-10H2,(H,19,21). The molecule has 0 spiro atoms. The first-order chi connectivity index (χ1) is 11.1. The van der Waals surface area contributed by atoms with Gasteiger partial charge in [-0.3, -0.25) is 14.9 Å². The average Bonchev–Trinajstić information content (AvgIpc) is 2.50. The quantitative estimate of drug-likeness (QED) is 0.682. The lowest BCUT2D eigenvalue weighted by atomic mass is 9.76. The van der Waals surface area contributed by atoms with Crippen LogP contribution in [0.25, 0.3) is 0 Å². The summed E-state index contributed by atoms with van der Waals surface area (Å²) >= 11 is 5.97. The normalized spacial score (nSPS) is 19.7. The molecule has 1 N–H and O–H groups in total. The third kappa shape index (κ3) is 3.19. The fraction of sp³-hybridized carbons (Fsp3) is 0.235. The Morgan fingerprint density at radius 2 is 1.83 bits per heavy atom. The number of hydrogen-bond donors (Lipinski definition) is 1. The van der Waals surface area contributed by atoms with E-state index in [-0.39, 0.29) is 22.3 Å². The summed E-state index contributed by atoms with van der Waals surface area (Å²) in [5.41, 5.74) is 0.915. The van der Waals surface area contributed by atoms with Gasteiger partial charge >= 0.3 is 0 Å². The molecule has 6 heteroatoms. The van der Waals surface area contributed by atoms with Gasteiger partial charge in [0.1, 0.15) is 5.56 Å². The molecule has 1 aliphatic rings. The Labute approximate surface area is 138 Å². The Kier molecular flexibility index (Phi) is 4.30. The number of nitrogens with zero attached hydrogens (tertiary/aromatic N) is 1. The summed E-state index contributed by atoms with van der Waals surface area (Å²) in [6.45, 7) is 0. The highest BCUT2D eigenvalue weighted by Gasteiger charge is 2.33. The van der Waals surface area contributed by atoms with Gasteiger partial charge in [0.2, 0.25) is 0 Å². The van der Waals surface area contributed by atoms with E-state index in [1.54, 1.807) is 0 Å². The van der Waals surface area contributed by atoms with Crippen LogP contribution in [0.3, 0.4) is 0 Å². The highest BCUT2D eigenvalue weighted by molar-refractivity contribution is 6.34. The number of carbonyl (C=O) groups is 1. The Balaban J connectivity index is 1.67. The first-order valence-electron chi connectivity index (χ1n) is 7.35. The summed E-state index contributed by atoms with van der Waals surface area (Å²) in [6.07, 6.45) is 1.65. The molecule has 2 aromatic rings. The number of benzene rings is 2. The van der Waals surface area contributed by atoms with E-state index in [0.717, 1.165) is 12.8 Å². The summed E-state index contributed by atoms with van der Waals surface area (Å²) in [4.78, 5) is 22.8. The van der Waals surface area contributed by atoms with Crippen molar-refractivity contribution < 1.29 is 9.72 Å². The average molecular weight is 331 g/mol. The first-order valence-corrected chi connectivity index (χ1v) is 7.72. The third-order valence-corrected chi connectivity index (χ3v) is 4.47. The summed E-state index contributed by atoms with van der Waals surface area (Å²) in [7, 11) is 0. The van der Waals surface area contributed by atoms with E-state index in [1.165, 1.54) is 23.8 Å². The zero-order valence-electron chi connectivity index (χ0n) is 12.2. The highest BCUT2D eigenvalue weighted by atomic mass is 35.5. The second kappa shape index (κ2) is 6.38. The minimum absolute atomic E-state index is 0.0172. The van der Waals surface area contributed by atoms with E-state index in [1.807, 2.05) is 18.2 Å². The summed E-state index contributed by atoms with van der Waals surface area (Å²) < 4.78 is 0. The van der Waals surface area contributed by atoms with E-state index in [0.29, 0.717) is 5.92 Å². The van der Waals surface area contributed by atoms with Crippen LogP contribution in [0.15, 0.2) is 48.5 Å². The predicted molar refractivity (Wildman–Crippen MR) is 87.8 cm³/mol. The minimum atomic E-state index is -0.589. The fourth-order valence-corrected chi connectivity index (χ4v) is 3.14. The van der Waals surface area contributed by atoms with Crippen LogP contribution in [0, 0.1) is 10.1 Å². The van der Waals surface area contributed by atoms with E-state index in [4.69, 9.17) is 11.6 Å². The monoisotopic (exact) mass is 330 g/mol. The molecule has 1 fully saturated rings. The first kappa shape index (κ1) is 15.5. The molecule has 1 amide bonds. The van der Waals surface area contributed by atoms with Crippen LogP contribution in [0.1, 0.15) is 34.7 Å². The summed E-state index contributed by atoms with van der Waals surface area (Å²) in [5, 5.41) is 14.0. The van der Waals surface area contributed by atoms with Gasteiger partial charge in [-0.1, -0.05) is 48.0 Å². The SMILES string of the molecule is O=C(NC1CC(c2ccccc2)C1)c1c(Cl)cccc1[N+](=O)[O-]. The molecule has 0 aliphatic heterocycles. The van der Waals surface area contributed by atoms with Crippen molar-refractivity contribution in [3.8, 4) is 0 Å². The molecule has 0 unspecified atom stereocenters. The molecule has 1 aliphatic carbocycles. The van der Waals surface area contributed by atoms with Gasteiger partial charge in [-0.2, -0.15) is 0 Å². The molecule has 1 saturated carbocycles. The molecule has 3 rings (SSSR count). The fourth-order valence-electron chi connectivity index (χ4n) is 2.88. The molecule has 0 aromatic heterocycles. The van der Waals surface area contributed by atoms with E-state index in [9.17, 15) is 14.9 Å². The van der Waals surface area contributed by atoms with Crippen molar-refractivity contribution in [2.75, 3.05) is 0 Å². The zero-order valence-corrected chi connectivity index (χ0v) is 13.0. The number of nitro benzene ring substituents is 1. The number of carbonyl (C=O) groups excluding carboxylic acids is 1. The second-order valence-corrected chi connectivity index (χ2v) is 6.05. The van der Waals surface area contributed by atoms with Crippen molar-refractivity contribution in [2.24, 2.45) is 0 Å². The molecular weight excluding hydrogens is 316 g/mol. The lowest BCUT2D eigenvalue weighted by Gasteiger charge is -2.36. The number of nitrogens with one attached hydrogen (secondary N) is 1. The van der Waals surface area contributed by atoms with Gasteiger partial charge in [-0.25, -0.2) is 0 Å². The number of amides is 1. The molecule has 23 heavy (non-hydrogen) atoms. The van der Waals surface area contributed by atoms with Crippen molar-refractivity contribution >= 4 is 23.2 Å². The topological polar surface area (TPSA) is 72.2 Å². The van der Waals surface area contributed by atoms with Crippen LogP contribution in [-0.4, -0.2) is 16.9 Å². The Hall–Kier alpha value is -2.40. The molecule has 0 saturated heterocycles. The third-order valence-electron chi connectivity index (χ3n) is 4.16. The van der Waals surface area contributed by atoms with Crippen LogP contribution in [-0.2, 0) is 0 Å². The van der Waals surface area contributed by atoms with Gasteiger partial charge in [0, 0.05) is 12.1 Å². The van der Waals surface area contributed by atoms with Crippen molar-refractivity contribution in [2.45, 2.75) is 24.8 Å². The van der Waals surface area contributed by atoms with Crippen LogP contribution >= 0.6 is 11.6 Å². The van der Waals surface area contributed by atoms with Crippen LogP contribution < -0.4 is 5.32 Å². The van der Waals surface area contributed by atoms with Crippen LogP contribution in [0.5, 0.6) is 0 Å². The van der Waals surface area contributed by atoms with Crippen LogP contribution in [0.4, 0.5) is 5.69 Å². The number of rotatable bonds is 4. The summed E-state index contributed by atoms with van der Waals surface area (Å²) in [5.74, 6) is -0.0680. The maximum Gasteiger partial charge on any atom is 0.283 e. The van der Waals surface area contributed by atoms with Crippen LogP contribution in [0.2, 0.25) is 5.02 Å². The van der Waals surface area contributed by atoms with Crippen molar-refractivity contribution in [3.63, 3.8) is 0 Å².